The van der Waals surface area contributed by atoms with Crippen molar-refractivity contribution in [3.05, 3.63) is 52.8 Å². The SMILES string of the molecule is Cc1nn(Cc2nc3c4ccccc4ncn3n2)c(C)c1Cl. The summed E-state index contributed by atoms with van der Waals surface area (Å²) in [4.78, 5) is 9.01. The van der Waals surface area contributed by atoms with E-state index in [-0.39, 0.29) is 0 Å². The summed E-state index contributed by atoms with van der Waals surface area (Å²) in [5.74, 6) is 0.681. The first-order chi connectivity index (χ1) is 10.6. The normalized spacial score (nSPS) is 11.6. The van der Waals surface area contributed by atoms with Gasteiger partial charge in [-0.3, -0.25) is 4.68 Å². The van der Waals surface area contributed by atoms with Crippen LogP contribution in [0.15, 0.2) is 30.6 Å². The quantitative estimate of drug-likeness (QED) is 0.571. The topological polar surface area (TPSA) is 60.9 Å². The van der Waals surface area contributed by atoms with Gasteiger partial charge >= 0.3 is 0 Å². The highest BCUT2D eigenvalue weighted by molar-refractivity contribution is 6.31. The molecule has 0 aliphatic carbocycles. The van der Waals surface area contributed by atoms with Crippen molar-refractivity contribution in [2.24, 2.45) is 0 Å². The largest absolute Gasteiger partial charge is 0.260 e. The molecule has 0 spiro atoms. The van der Waals surface area contributed by atoms with E-state index in [9.17, 15) is 0 Å². The number of aryl methyl sites for hydroxylation is 1. The van der Waals surface area contributed by atoms with Crippen molar-refractivity contribution in [1.29, 1.82) is 0 Å². The molecular formula is C15H13ClN6. The van der Waals surface area contributed by atoms with E-state index in [1.54, 1.807) is 10.8 Å². The lowest BCUT2D eigenvalue weighted by atomic mass is 10.2. The summed E-state index contributed by atoms with van der Waals surface area (Å²) in [6.07, 6.45) is 1.68. The molecule has 0 aliphatic rings. The van der Waals surface area contributed by atoms with E-state index in [1.165, 1.54) is 0 Å². The smallest absolute Gasteiger partial charge is 0.173 e. The summed E-state index contributed by atoms with van der Waals surface area (Å²) < 4.78 is 3.52. The number of hydrogen-bond donors (Lipinski definition) is 0. The first-order valence-electron chi connectivity index (χ1n) is 6.92. The maximum absolute atomic E-state index is 6.18. The van der Waals surface area contributed by atoms with E-state index in [2.05, 4.69) is 20.2 Å². The lowest BCUT2D eigenvalue weighted by Gasteiger charge is -1.99. The maximum atomic E-state index is 6.18. The first kappa shape index (κ1) is 13.2. The van der Waals surface area contributed by atoms with Gasteiger partial charge in [-0.2, -0.15) is 5.10 Å². The van der Waals surface area contributed by atoms with Gasteiger partial charge in [0.1, 0.15) is 12.9 Å². The van der Waals surface area contributed by atoms with Crippen LogP contribution < -0.4 is 0 Å². The molecule has 4 rings (SSSR count). The molecule has 22 heavy (non-hydrogen) atoms. The average molecular weight is 313 g/mol. The van der Waals surface area contributed by atoms with E-state index >= 15 is 0 Å². The Morgan fingerprint density at radius 2 is 1.95 bits per heavy atom. The molecule has 0 aliphatic heterocycles. The van der Waals surface area contributed by atoms with Gasteiger partial charge in [0.15, 0.2) is 11.5 Å². The minimum absolute atomic E-state index is 0.482. The van der Waals surface area contributed by atoms with Crippen molar-refractivity contribution in [2.45, 2.75) is 20.4 Å². The zero-order chi connectivity index (χ0) is 15.3. The highest BCUT2D eigenvalue weighted by Crippen LogP contribution is 2.20. The molecule has 7 heteroatoms. The van der Waals surface area contributed by atoms with E-state index in [4.69, 9.17) is 11.6 Å². The van der Waals surface area contributed by atoms with Gasteiger partial charge in [0.2, 0.25) is 0 Å². The van der Waals surface area contributed by atoms with Gasteiger partial charge in [-0.05, 0) is 26.0 Å². The van der Waals surface area contributed by atoms with Gasteiger partial charge in [0.25, 0.3) is 0 Å². The molecular weight excluding hydrogens is 300 g/mol. The highest BCUT2D eigenvalue weighted by atomic mass is 35.5. The Kier molecular flexibility index (Phi) is 2.87. The third-order valence-corrected chi connectivity index (χ3v) is 4.26. The van der Waals surface area contributed by atoms with E-state index in [1.807, 2.05) is 42.8 Å². The van der Waals surface area contributed by atoms with Crippen molar-refractivity contribution in [3.63, 3.8) is 0 Å². The zero-order valence-electron chi connectivity index (χ0n) is 12.2. The van der Waals surface area contributed by atoms with Crippen LogP contribution in [0.3, 0.4) is 0 Å². The van der Waals surface area contributed by atoms with Crippen LogP contribution in [0.2, 0.25) is 5.02 Å². The predicted octanol–water partition coefficient (Wildman–Crippen LogP) is 2.79. The molecule has 6 nitrogen and oxygen atoms in total. The second-order valence-corrected chi connectivity index (χ2v) is 5.58. The third kappa shape index (κ3) is 1.95. The summed E-state index contributed by atoms with van der Waals surface area (Å²) in [7, 11) is 0. The molecule has 4 aromatic rings. The summed E-state index contributed by atoms with van der Waals surface area (Å²) >= 11 is 6.18. The second kappa shape index (κ2) is 4.78. The van der Waals surface area contributed by atoms with E-state index < -0.39 is 0 Å². The fraction of sp³-hybridized carbons (Fsp3) is 0.200. The van der Waals surface area contributed by atoms with Crippen molar-refractivity contribution < 1.29 is 0 Å². The third-order valence-electron chi connectivity index (χ3n) is 3.71. The maximum Gasteiger partial charge on any atom is 0.173 e. The van der Waals surface area contributed by atoms with Crippen LogP contribution in [0, 0.1) is 13.8 Å². The minimum Gasteiger partial charge on any atom is -0.260 e. The Labute approximate surface area is 131 Å². The first-order valence-corrected chi connectivity index (χ1v) is 7.30. The number of aromatic nitrogens is 6. The van der Waals surface area contributed by atoms with Crippen molar-refractivity contribution in [2.75, 3.05) is 0 Å². The number of para-hydroxylation sites is 1. The Morgan fingerprint density at radius 3 is 2.73 bits per heavy atom. The van der Waals surface area contributed by atoms with Crippen LogP contribution in [-0.4, -0.2) is 29.4 Å². The molecule has 0 unspecified atom stereocenters. The minimum atomic E-state index is 0.482. The van der Waals surface area contributed by atoms with E-state index in [0.29, 0.717) is 17.4 Å². The van der Waals surface area contributed by atoms with Gasteiger partial charge in [-0.15, -0.1) is 5.10 Å². The monoisotopic (exact) mass is 312 g/mol. The molecule has 3 heterocycles. The van der Waals surface area contributed by atoms with E-state index in [0.717, 1.165) is 27.9 Å². The van der Waals surface area contributed by atoms with Gasteiger partial charge in [-0.25, -0.2) is 14.5 Å². The lowest BCUT2D eigenvalue weighted by molar-refractivity contribution is 0.631. The lowest BCUT2D eigenvalue weighted by Crippen LogP contribution is -2.05. The average Bonchev–Trinajstić information content (AvgIpc) is 3.04. The molecule has 1 aromatic carbocycles. The van der Waals surface area contributed by atoms with Gasteiger partial charge in [0.05, 0.1) is 21.9 Å². The number of hydrogen-bond acceptors (Lipinski definition) is 4. The van der Waals surface area contributed by atoms with Gasteiger partial charge in [0, 0.05) is 5.39 Å². The molecule has 0 saturated carbocycles. The molecule has 0 atom stereocenters. The van der Waals surface area contributed by atoms with Gasteiger partial charge < -0.3 is 0 Å². The number of nitrogens with zero attached hydrogens (tertiary/aromatic N) is 6. The molecule has 0 bridgehead atoms. The Balaban J connectivity index is 1.82. The van der Waals surface area contributed by atoms with Crippen molar-refractivity contribution in [3.8, 4) is 0 Å². The molecule has 3 aromatic heterocycles. The van der Waals surface area contributed by atoms with Crippen molar-refractivity contribution >= 4 is 28.2 Å². The molecule has 0 fully saturated rings. The van der Waals surface area contributed by atoms with Crippen molar-refractivity contribution in [1.82, 2.24) is 29.4 Å². The van der Waals surface area contributed by atoms with Crippen LogP contribution in [0.1, 0.15) is 17.2 Å². The summed E-state index contributed by atoms with van der Waals surface area (Å²) in [5, 5.41) is 10.6. The number of halogens is 1. The van der Waals surface area contributed by atoms with Crippen LogP contribution in [-0.2, 0) is 6.54 Å². The van der Waals surface area contributed by atoms with Crippen LogP contribution in [0.25, 0.3) is 16.6 Å². The molecule has 0 N–H and O–H groups in total. The fourth-order valence-corrected chi connectivity index (χ4v) is 2.69. The molecule has 110 valence electrons. The van der Waals surface area contributed by atoms with Gasteiger partial charge in [-0.1, -0.05) is 23.7 Å². The molecule has 0 amide bonds. The Hall–Kier alpha value is -2.47. The summed E-state index contributed by atoms with van der Waals surface area (Å²) in [5.41, 5.74) is 3.44. The van der Waals surface area contributed by atoms with Crippen LogP contribution in [0.5, 0.6) is 0 Å². The molecule has 0 radical (unpaired) electrons. The van der Waals surface area contributed by atoms with Crippen LogP contribution in [0.4, 0.5) is 0 Å². The number of benzene rings is 1. The molecule has 0 saturated heterocycles. The number of fused-ring (bicyclic) bond motifs is 3. The van der Waals surface area contributed by atoms with Crippen LogP contribution >= 0.6 is 11.6 Å². The second-order valence-electron chi connectivity index (χ2n) is 5.20. The Morgan fingerprint density at radius 1 is 1.14 bits per heavy atom. The summed E-state index contributed by atoms with van der Waals surface area (Å²) in [6, 6.07) is 7.89. The number of rotatable bonds is 2. The Bertz CT molecular complexity index is 1000. The highest BCUT2D eigenvalue weighted by Gasteiger charge is 2.13. The predicted molar refractivity (Wildman–Crippen MR) is 84.1 cm³/mol. The summed E-state index contributed by atoms with van der Waals surface area (Å²) in [6.45, 7) is 4.31. The fourth-order valence-electron chi connectivity index (χ4n) is 2.55. The zero-order valence-corrected chi connectivity index (χ0v) is 12.9. The standard InChI is InChI=1S/C15H13ClN6/c1-9-14(16)10(2)21(19-9)7-13-18-15-11-5-3-4-6-12(11)17-8-22(15)20-13/h3-6,8H,7H2,1-2H3.